The molecule has 1 aliphatic rings. The number of anilines is 1. The minimum Gasteiger partial charge on any atom is -0.442 e. The molecule has 6 nitrogen and oxygen atoms in total. The number of oxazole rings is 1. The summed E-state index contributed by atoms with van der Waals surface area (Å²) in [5, 5.41) is 19.5. The maximum Gasteiger partial charge on any atom is 0.276 e. The monoisotopic (exact) mass is 395 g/mol. The Hall–Kier alpha value is -3.80. The number of hydrogen-bond donors (Lipinski definition) is 2. The first-order valence-corrected chi connectivity index (χ1v) is 8.70. The van der Waals surface area contributed by atoms with Crippen molar-refractivity contribution in [2.24, 2.45) is 0 Å². The van der Waals surface area contributed by atoms with E-state index < -0.39 is 24.2 Å². The zero-order chi connectivity index (χ0) is 20.2. The third-order valence-corrected chi connectivity index (χ3v) is 5.09. The van der Waals surface area contributed by atoms with Crippen molar-refractivity contribution in [2.45, 2.75) is 18.4 Å². The number of nitrogens with zero attached hydrogens (tertiary/aromatic N) is 3. The number of alkyl halides is 2. The Kier molecular flexibility index (Phi) is 3.64. The van der Waals surface area contributed by atoms with Crippen molar-refractivity contribution in [3.8, 4) is 17.5 Å². The van der Waals surface area contributed by atoms with Gasteiger partial charge in [-0.1, -0.05) is 6.07 Å². The van der Waals surface area contributed by atoms with E-state index in [0.29, 0.717) is 28.0 Å². The molecular weight excluding hydrogens is 383 g/mol. The lowest BCUT2D eigenvalue weighted by Crippen LogP contribution is -2.28. The van der Waals surface area contributed by atoms with Gasteiger partial charge in [0.15, 0.2) is 12.2 Å². The summed E-state index contributed by atoms with van der Waals surface area (Å²) < 4.78 is 49.1. The van der Waals surface area contributed by atoms with Gasteiger partial charge in [0.1, 0.15) is 23.6 Å². The number of nitrogens with one attached hydrogen (secondary N) is 2. The molecule has 0 saturated heterocycles. The molecule has 0 saturated carbocycles. The molecule has 1 aliphatic carbocycles. The maximum absolute atomic E-state index is 14.7. The van der Waals surface area contributed by atoms with Crippen molar-refractivity contribution in [1.29, 1.82) is 5.26 Å². The average molecular weight is 395 g/mol. The second kappa shape index (κ2) is 6.10. The molecule has 2 aromatic carbocycles. The van der Waals surface area contributed by atoms with Crippen molar-refractivity contribution in [1.82, 2.24) is 15.2 Å². The van der Waals surface area contributed by atoms with Crippen LogP contribution in [0.15, 0.2) is 47.3 Å². The quantitative estimate of drug-likeness (QED) is 0.530. The lowest BCUT2D eigenvalue weighted by Gasteiger charge is -2.22. The van der Waals surface area contributed by atoms with Crippen LogP contribution >= 0.6 is 0 Å². The summed E-state index contributed by atoms with van der Waals surface area (Å²) in [4.78, 5) is 3.86. The largest absolute Gasteiger partial charge is 0.442 e. The molecular formula is C20H12F3N5O. The molecule has 1 unspecified atom stereocenters. The molecule has 1 atom stereocenters. The van der Waals surface area contributed by atoms with Crippen LogP contribution in [0.5, 0.6) is 0 Å². The van der Waals surface area contributed by atoms with Gasteiger partial charge in [-0.05, 0) is 29.8 Å². The van der Waals surface area contributed by atoms with Gasteiger partial charge in [0, 0.05) is 23.1 Å². The van der Waals surface area contributed by atoms with Crippen LogP contribution in [0.25, 0.3) is 22.4 Å². The third-order valence-electron chi connectivity index (χ3n) is 5.09. The van der Waals surface area contributed by atoms with Gasteiger partial charge in [-0.15, -0.1) is 0 Å². The highest BCUT2D eigenvalue weighted by atomic mass is 19.3. The highest BCUT2D eigenvalue weighted by molar-refractivity contribution is 5.93. The summed E-state index contributed by atoms with van der Waals surface area (Å²) in [6, 6.07) is 7.89. The molecule has 5 rings (SSSR count). The molecule has 29 heavy (non-hydrogen) atoms. The number of halogens is 3. The summed E-state index contributed by atoms with van der Waals surface area (Å²) in [7, 11) is 0. The lowest BCUT2D eigenvalue weighted by atomic mass is 10.0. The summed E-state index contributed by atoms with van der Waals surface area (Å²) in [5.74, 6) is -3.65. The number of fused-ring (bicyclic) bond motifs is 2. The Morgan fingerprint density at radius 1 is 1.28 bits per heavy atom. The van der Waals surface area contributed by atoms with Gasteiger partial charge in [0.05, 0.1) is 17.3 Å². The Labute approximate surface area is 162 Å². The van der Waals surface area contributed by atoms with Crippen LogP contribution in [0, 0.1) is 17.1 Å². The van der Waals surface area contributed by atoms with Crippen molar-refractivity contribution in [3.63, 3.8) is 0 Å². The van der Waals surface area contributed by atoms with E-state index in [4.69, 9.17) is 9.68 Å². The molecule has 4 aromatic rings. The van der Waals surface area contributed by atoms with Crippen LogP contribution in [0.2, 0.25) is 0 Å². The van der Waals surface area contributed by atoms with E-state index in [-0.39, 0.29) is 16.7 Å². The number of rotatable bonds is 3. The Morgan fingerprint density at radius 3 is 2.90 bits per heavy atom. The molecule has 0 radical (unpaired) electrons. The minimum absolute atomic E-state index is 0.127. The van der Waals surface area contributed by atoms with E-state index >= 15 is 0 Å². The van der Waals surface area contributed by atoms with Gasteiger partial charge in [-0.3, -0.25) is 5.10 Å². The predicted octanol–water partition coefficient (Wildman–Crippen LogP) is 4.57. The summed E-state index contributed by atoms with van der Waals surface area (Å²) in [6.45, 7) is 0. The van der Waals surface area contributed by atoms with Gasteiger partial charge >= 0.3 is 0 Å². The summed E-state index contributed by atoms with van der Waals surface area (Å²) in [6.07, 6.45) is 2.02. The summed E-state index contributed by atoms with van der Waals surface area (Å²) in [5.41, 5.74) is 1.40. The zero-order valence-electron chi connectivity index (χ0n) is 14.7. The third kappa shape index (κ3) is 2.64. The number of aromatic nitrogens is 3. The standard InChI is InChI=1S/C20H12F3N5O/c21-17-10(7-24)1-3-12-14(17)6-20(22,23)19(12)26-11-2-4-15-13(5-11)18(28-27-15)16-8-25-9-29-16/h1-5,8-9,19,26H,6H2,(H,27,28). The fourth-order valence-corrected chi connectivity index (χ4v) is 3.71. The van der Waals surface area contributed by atoms with E-state index in [0.717, 1.165) is 0 Å². The van der Waals surface area contributed by atoms with Gasteiger partial charge in [-0.25, -0.2) is 18.2 Å². The molecule has 2 N–H and O–H groups in total. The van der Waals surface area contributed by atoms with Crippen molar-refractivity contribution >= 4 is 16.6 Å². The average Bonchev–Trinajstić information content (AvgIpc) is 3.41. The first-order chi connectivity index (χ1) is 14.0. The number of hydrogen-bond acceptors (Lipinski definition) is 5. The van der Waals surface area contributed by atoms with E-state index in [1.165, 1.54) is 24.7 Å². The molecule has 0 aliphatic heterocycles. The smallest absolute Gasteiger partial charge is 0.276 e. The molecule has 0 bridgehead atoms. The van der Waals surface area contributed by atoms with Crippen molar-refractivity contribution < 1.29 is 17.6 Å². The Bertz CT molecular complexity index is 1270. The number of H-pyrrole nitrogens is 1. The zero-order valence-corrected chi connectivity index (χ0v) is 14.7. The molecule has 0 fully saturated rings. The SMILES string of the molecule is N#Cc1ccc2c(c1F)CC(F)(F)C2Nc1ccc2[nH]nc(-c3cnco3)c2c1. The molecule has 9 heteroatoms. The second-order valence-electron chi connectivity index (χ2n) is 6.82. The van der Waals surface area contributed by atoms with Gasteiger partial charge < -0.3 is 9.73 Å². The number of benzene rings is 2. The minimum atomic E-state index is -3.21. The second-order valence-corrected chi connectivity index (χ2v) is 6.82. The summed E-state index contributed by atoms with van der Waals surface area (Å²) >= 11 is 0. The van der Waals surface area contributed by atoms with Crippen LogP contribution in [-0.4, -0.2) is 21.1 Å². The molecule has 0 amide bonds. The van der Waals surface area contributed by atoms with Crippen LogP contribution in [0.4, 0.5) is 18.9 Å². The lowest BCUT2D eigenvalue weighted by molar-refractivity contribution is -0.00739. The Morgan fingerprint density at radius 2 is 2.14 bits per heavy atom. The predicted molar refractivity (Wildman–Crippen MR) is 97.7 cm³/mol. The van der Waals surface area contributed by atoms with E-state index in [9.17, 15) is 13.2 Å². The first kappa shape index (κ1) is 17.3. The van der Waals surface area contributed by atoms with Crippen molar-refractivity contribution in [2.75, 3.05) is 5.32 Å². The van der Waals surface area contributed by atoms with Crippen LogP contribution < -0.4 is 5.32 Å². The fourth-order valence-electron chi connectivity index (χ4n) is 3.71. The molecule has 0 spiro atoms. The molecule has 2 heterocycles. The highest BCUT2D eigenvalue weighted by Crippen LogP contribution is 2.46. The van der Waals surface area contributed by atoms with Gasteiger partial charge in [0.2, 0.25) is 0 Å². The normalized spacial score (nSPS) is 17.2. The Balaban J connectivity index is 1.55. The van der Waals surface area contributed by atoms with Crippen molar-refractivity contribution in [3.05, 3.63) is 65.4 Å². The van der Waals surface area contributed by atoms with E-state index in [1.807, 2.05) is 0 Å². The maximum atomic E-state index is 14.7. The molecule has 2 aromatic heterocycles. The van der Waals surface area contributed by atoms with Gasteiger partial charge in [0.25, 0.3) is 5.92 Å². The first-order valence-electron chi connectivity index (χ1n) is 8.70. The van der Waals surface area contributed by atoms with Crippen LogP contribution in [0.3, 0.4) is 0 Å². The van der Waals surface area contributed by atoms with Gasteiger partial charge in [-0.2, -0.15) is 10.4 Å². The molecule has 144 valence electrons. The van der Waals surface area contributed by atoms with Crippen LogP contribution in [-0.2, 0) is 6.42 Å². The fraction of sp³-hybridized carbons (Fsp3) is 0.150. The number of aromatic amines is 1. The van der Waals surface area contributed by atoms with E-state index in [1.54, 1.807) is 24.3 Å². The number of nitriles is 1. The topological polar surface area (TPSA) is 90.5 Å². The van der Waals surface area contributed by atoms with Crippen LogP contribution in [0.1, 0.15) is 22.7 Å². The van der Waals surface area contributed by atoms with E-state index in [2.05, 4.69) is 20.5 Å². The highest BCUT2D eigenvalue weighted by Gasteiger charge is 2.49.